The summed E-state index contributed by atoms with van der Waals surface area (Å²) in [7, 11) is 1.41. The van der Waals surface area contributed by atoms with E-state index in [1.54, 1.807) is 37.3 Å². The standard InChI is InChI=1S/C22H20N2O6/c1-4-19(25)30-17-10-7-14(12-18(17)29-3)11-16-20(26)23-22(28)24(21(16)27)15-8-5-13(2)6-9-15/h5-12H,4H2,1-3H3,(H,23,26,28). The van der Waals surface area contributed by atoms with Gasteiger partial charge in [-0.25, -0.2) is 9.69 Å². The summed E-state index contributed by atoms with van der Waals surface area (Å²) in [6, 6.07) is 10.6. The number of hydrogen-bond donors (Lipinski definition) is 1. The number of anilines is 1. The van der Waals surface area contributed by atoms with Crippen molar-refractivity contribution in [2.24, 2.45) is 0 Å². The maximum atomic E-state index is 12.9. The van der Waals surface area contributed by atoms with Crippen LogP contribution < -0.4 is 19.7 Å². The van der Waals surface area contributed by atoms with Gasteiger partial charge < -0.3 is 9.47 Å². The van der Waals surface area contributed by atoms with Crippen molar-refractivity contribution >= 4 is 35.6 Å². The van der Waals surface area contributed by atoms with Crippen molar-refractivity contribution in [1.82, 2.24) is 5.32 Å². The highest BCUT2D eigenvalue weighted by molar-refractivity contribution is 6.39. The number of carbonyl (C=O) groups is 4. The summed E-state index contributed by atoms with van der Waals surface area (Å²) in [6.07, 6.45) is 1.55. The summed E-state index contributed by atoms with van der Waals surface area (Å²) >= 11 is 0. The first-order valence-corrected chi connectivity index (χ1v) is 9.21. The molecule has 0 unspecified atom stereocenters. The molecule has 4 amide bonds. The van der Waals surface area contributed by atoms with Crippen LogP contribution in [0.5, 0.6) is 11.5 Å². The Balaban J connectivity index is 1.96. The van der Waals surface area contributed by atoms with Crippen LogP contribution in [0.3, 0.4) is 0 Å². The summed E-state index contributed by atoms with van der Waals surface area (Å²) in [4.78, 5) is 49.9. The minimum absolute atomic E-state index is 0.201. The highest BCUT2D eigenvalue weighted by Gasteiger charge is 2.36. The van der Waals surface area contributed by atoms with Crippen LogP contribution in [0.15, 0.2) is 48.0 Å². The first kappa shape index (κ1) is 20.8. The normalized spacial score (nSPS) is 15.2. The topological polar surface area (TPSA) is 102 Å². The quantitative estimate of drug-likeness (QED) is 0.353. The first-order valence-electron chi connectivity index (χ1n) is 9.21. The fraction of sp³-hybridized carbons (Fsp3) is 0.182. The number of hydrogen-bond acceptors (Lipinski definition) is 6. The smallest absolute Gasteiger partial charge is 0.335 e. The van der Waals surface area contributed by atoms with Gasteiger partial charge in [-0.3, -0.25) is 19.7 Å². The number of imide groups is 2. The molecule has 154 valence electrons. The Morgan fingerprint density at radius 1 is 1.07 bits per heavy atom. The van der Waals surface area contributed by atoms with Gasteiger partial charge in [0.05, 0.1) is 12.8 Å². The van der Waals surface area contributed by atoms with E-state index >= 15 is 0 Å². The third kappa shape index (κ3) is 4.22. The van der Waals surface area contributed by atoms with E-state index in [9.17, 15) is 19.2 Å². The summed E-state index contributed by atoms with van der Waals surface area (Å²) in [5.74, 6) is -1.47. The van der Waals surface area contributed by atoms with Gasteiger partial charge in [0.1, 0.15) is 5.57 Å². The maximum absolute atomic E-state index is 12.9. The number of urea groups is 1. The number of barbiturate groups is 1. The second-order valence-corrected chi connectivity index (χ2v) is 6.53. The van der Waals surface area contributed by atoms with Gasteiger partial charge in [0.15, 0.2) is 11.5 Å². The molecule has 1 heterocycles. The van der Waals surface area contributed by atoms with E-state index in [4.69, 9.17) is 9.47 Å². The molecule has 1 N–H and O–H groups in total. The molecule has 8 nitrogen and oxygen atoms in total. The van der Waals surface area contributed by atoms with E-state index in [0.717, 1.165) is 10.5 Å². The third-order valence-electron chi connectivity index (χ3n) is 4.41. The Bertz CT molecular complexity index is 1060. The Morgan fingerprint density at radius 3 is 2.40 bits per heavy atom. The SMILES string of the molecule is CCC(=O)Oc1ccc(C=C2C(=O)NC(=O)N(c3ccc(C)cc3)C2=O)cc1OC. The lowest BCUT2D eigenvalue weighted by molar-refractivity contribution is -0.134. The molecule has 1 saturated heterocycles. The number of esters is 1. The van der Waals surface area contributed by atoms with Gasteiger partial charge >= 0.3 is 12.0 Å². The number of rotatable bonds is 5. The Morgan fingerprint density at radius 2 is 1.77 bits per heavy atom. The molecule has 0 aliphatic carbocycles. The molecular formula is C22H20N2O6. The number of benzene rings is 2. The van der Waals surface area contributed by atoms with Crippen LogP contribution in [0, 0.1) is 6.92 Å². The van der Waals surface area contributed by atoms with Gasteiger partial charge in [0.25, 0.3) is 11.8 Å². The van der Waals surface area contributed by atoms with E-state index < -0.39 is 23.8 Å². The summed E-state index contributed by atoms with van der Waals surface area (Å²) in [5, 5.41) is 2.18. The lowest BCUT2D eigenvalue weighted by Gasteiger charge is -2.26. The minimum atomic E-state index is -0.814. The number of carbonyl (C=O) groups excluding carboxylic acids is 4. The van der Waals surface area contributed by atoms with Crippen LogP contribution in [-0.2, 0) is 14.4 Å². The second kappa shape index (κ2) is 8.60. The molecular weight excluding hydrogens is 388 g/mol. The number of nitrogens with zero attached hydrogens (tertiary/aromatic N) is 1. The first-order chi connectivity index (χ1) is 14.3. The zero-order chi connectivity index (χ0) is 21.8. The largest absolute Gasteiger partial charge is 0.493 e. The molecule has 30 heavy (non-hydrogen) atoms. The molecule has 0 saturated carbocycles. The molecule has 0 radical (unpaired) electrons. The number of ether oxygens (including phenoxy) is 2. The van der Waals surface area contributed by atoms with Crippen LogP contribution in [0.4, 0.5) is 10.5 Å². The van der Waals surface area contributed by atoms with Crippen LogP contribution in [0.1, 0.15) is 24.5 Å². The van der Waals surface area contributed by atoms with Gasteiger partial charge in [-0.05, 0) is 42.8 Å². The van der Waals surface area contributed by atoms with Crippen LogP contribution in [0.25, 0.3) is 6.08 Å². The lowest BCUT2D eigenvalue weighted by atomic mass is 10.1. The Hall–Kier alpha value is -3.94. The highest BCUT2D eigenvalue weighted by Crippen LogP contribution is 2.30. The Labute approximate surface area is 173 Å². The van der Waals surface area contributed by atoms with Crippen molar-refractivity contribution in [1.29, 1.82) is 0 Å². The molecule has 2 aromatic carbocycles. The molecule has 0 aromatic heterocycles. The average Bonchev–Trinajstić information content (AvgIpc) is 2.73. The minimum Gasteiger partial charge on any atom is -0.493 e. The predicted octanol–water partition coefficient (Wildman–Crippen LogP) is 2.99. The number of aryl methyl sites for hydroxylation is 1. The highest BCUT2D eigenvalue weighted by atomic mass is 16.6. The molecule has 1 aliphatic rings. The van der Waals surface area contributed by atoms with Gasteiger partial charge in [0, 0.05) is 6.42 Å². The molecule has 2 aromatic rings. The van der Waals surface area contributed by atoms with E-state index in [-0.39, 0.29) is 23.5 Å². The number of nitrogens with one attached hydrogen (secondary N) is 1. The molecule has 8 heteroatoms. The van der Waals surface area contributed by atoms with Crippen LogP contribution in [-0.4, -0.2) is 30.9 Å². The molecule has 0 atom stereocenters. The molecule has 0 bridgehead atoms. The van der Waals surface area contributed by atoms with E-state index in [1.165, 1.54) is 25.3 Å². The summed E-state index contributed by atoms with van der Waals surface area (Å²) in [5.41, 5.74) is 1.56. The second-order valence-electron chi connectivity index (χ2n) is 6.53. The molecule has 3 rings (SSSR count). The van der Waals surface area contributed by atoms with Crippen molar-refractivity contribution < 1.29 is 28.7 Å². The lowest BCUT2D eigenvalue weighted by Crippen LogP contribution is -2.54. The van der Waals surface area contributed by atoms with Crippen LogP contribution >= 0.6 is 0 Å². The van der Waals surface area contributed by atoms with Crippen molar-refractivity contribution in [2.75, 3.05) is 12.0 Å². The zero-order valence-corrected chi connectivity index (χ0v) is 16.7. The van der Waals surface area contributed by atoms with Crippen molar-refractivity contribution in [3.63, 3.8) is 0 Å². The molecule has 1 aliphatic heterocycles. The number of methoxy groups -OCH3 is 1. The van der Waals surface area contributed by atoms with Gasteiger partial charge in [-0.1, -0.05) is 30.7 Å². The van der Waals surface area contributed by atoms with Gasteiger partial charge in [-0.2, -0.15) is 0 Å². The van der Waals surface area contributed by atoms with Gasteiger partial charge in [0.2, 0.25) is 0 Å². The fourth-order valence-electron chi connectivity index (χ4n) is 2.81. The number of amides is 4. The van der Waals surface area contributed by atoms with Crippen LogP contribution in [0.2, 0.25) is 0 Å². The van der Waals surface area contributed by atoms with Crippen molar-refractivity contribution in [3.8, 4) is 11.5 Å². The molecule has 0 spiro atoms. The fourth-order valence-corrected chi connectivity index (χ4v) is 2.81. The third-order valence-corrected chi connectivity index (χ3v) is 4.41. The van der Waals surface area contributed by atoms with E-state index in [1.807, 2.05) is 6.92 Å². The maximum Gasteiger partial charge on any atom is 0.335 e. The summed E-state index contributed by atoms with van der Waals surface area (Å²) in [6.45, 7) is 3.55. The van der Waals surface area contributed by atoms with Crippen molar-refractivity contribution in [3.05, 3.63) is 59.2 Å². The predicted molar refractivity (Wildman–Crippen MR) is 109 cm³/mol. The van der Waals surface area contributed by atoms with Crippen molar-refractivity contribution in [2.45, 2.75) is 20.3 Å². The van der Waals surface area contributed by atoms with E-state index in [2.05, 4.69) is 5.32 Å². The zero-order valence-electron chi connectivity index (χ0n) is 16.7. The molecule has 1 fully saturated rings. The Kier molecular flexibility index (Phi) is 5.96. The summed E-state index contributed by atoms with van der Waals surface area (Å²) < 4.78 is 10.4. The van der Waals surface area contributed by atoms with Gasteiger partial charge in [-0.15, -0.1) is 0 Å². The average molecular weight is 408 g/mol. The van der Waals surface area contributed by atoms with E-state index in [0.29, 0.717) is 11.3 Å². The monoisotopic (exact) mass is 408 g/mol.